The average Bonchev–Trinajstić information content (AvgIpc) is 2.16. The molecule has 1 aliphatic rings. The minimum absolute atomic E-state index is 0.446. The van der Waals surface area contributed by atoms with Crippen molar-refractivity contribution >= 4 is 0 Å². The van der Waals surface area contributed by atoms with E-state index in [0.717, 1.165) is 18.4 Å². The molecule has 0 unspecified atom stereocenters. The van der Waals surface area contributed by atoms with E-state index in [-0.39, 0.29) is 0 Å². The van der Waals surface area contributed by atoms with E-state index in [2.05, 4.69) is 38.3 Å². The van der Waals surface area contributed by atoms with Gasteiger partial charge in [-0.15, -0.1) is 0 Å². The molecule has 1 rings (SSSR count). The summed E-state index contributed by atoms with van der Waals surface area (Å²) in [6.45, 7) is 14.2. The van der Waals surface area contributed by atoms with Crippen LogP contribution < -0.4 is 10.6 Å². The third-order valence-corrected chi connectivity index (χ3v) is 3.46. The zero-order valence-electron chi connectivity index (χ0n) is 11.6. The highest BCUT2D eigenvalue weighted by atomic mass is 14.9. The van der Waals surface area contributed by atoms with Gasteiger partial charge in [0.15, 0.2) is 0 Å². The molecular weight excluding hydrogens is 196 g/mol. The first kappa shape index (κ1) is 14.0. The van der Waals surface area contributed by atoms with E-state index < -0.39 is 0 Å². The minimum atomic E-state index is 0.446. The average molecular weight is 226 g/mol. The monoisotopic (exact) mass is 226 g/mol. The van der Waals surface area contributed by atoms with Gasteiger partial charge in [-0.05, 0) is 56.1 Å². The Morgan fingerprint density at radius 2 is 1.88 bits per heavy atom. The summed E-state index contributed by atoms with van der Waals surface area (Å²) in [4.78, 5) is 0. The van der Waals surface area contributed by atoms with Crippen LogP contribution >= 0.6 is 0 Å². The summed E-state index contributed by atoms with van der Waals surface area (Å²) in [6, 6.07) is 0. The molecule has 2 nitrogen and oxygen atoms in total. The highest BCUT2D eigenvalue weighted by Gasteiger charge is 2.20. The summed E-state index contributed by atoms with van der Waals surface area (Å²) in [5, 5.41) is 7.09. The summed E-state index contributed by atoms with van der Waals surface area (Å²) in [6.07, 6.45) is 4.00. The van der Waals surface area contributed by atoms with Crippen molar-refractivity contribution in [3.63, 3.8) is 0 Å². The zero-order valence-corrected chi connectivity index (χ0v) is 11.6. The topological polar surface area (TPSA) is 24.1 Å². The molecule has 0 bridgehead atoms. The van der Waals surface area contributed by atoms with Gasteiger partial charge >= 0.3 is 0 Å². The fourth-order valence-corrected chi connectivity index (χ4v) is 2.88. The van der Waals surface area contributed by atoms with E-state index >= 15 is 0 Å². The van der Waals surface area contributed by atoms with Crippen LogP contribution in [0.15, 0.2) is 0 Å². The first-order valence-electron chi connectivity index (χ1n) is 6.91. The van der Waals surface area contributed by atoms with Crippen molar-refractivity contribution in [1.82, 2.24) is 10.6 Å². The summed E-state index contributed by atoms with van der Waals surface area (Å²) >= 11 is 0. The fraction of sp³-hybridized carbons (Fsp3) is 1.00. The Bertz CT molecular complexity index is 181. The number of rotatable bonds is 6. The van der Waals surface area contributed by atoms with Crippen molar-refractivity contribution in [3.05, 3.63) is 0 Å². The van der Waals surface area contributed by atoms with E-state index in [0.29, 0.717) is 5.41 Å². The predicted octanol–water partition coefficient (Wildman–Crippen LogP) is 2.65. The minimum Gasteiger partial charge on any atom is -0.317 e. The van der Waals surface area contributed by atoms with E-state index in [1.54, 1.807) is 0 Å². The molecule has 0 aromatic heterocycles. The van der Waals surface area contributed by atoms with Gasteiger partial charge in [0.1, 0.15) is 0 Å². The van der Waals surface area contributed by atoms with Crippen LogP contribution in [0.5, 0.6) is 0 Å². The largest absolute Gasteiger partial charge is 0.317 e. The second-order valence-corrected chi connectivity index (χ2v) is 6.59. The van der Waals surface area contributed by atoms with Gasteiger partial charge in [0.05, 0.1) is 0 Å². The third kappa shape index (κ3) is 5.86. The Hall–Kier alpha value is -0.0800. The molecular formula is C14H30N2. The Balaban J connectivity index is 2.13. The maximum absolute atomic E-state index is 3.67. The Morgan fingerprint density at radius 3 is 2.44 bits per heavy atom. The Morgan fingerprint density at radius 1 is 1.25 bits per heavy atom. The molecule has 0 aromatic carbocycles. The molecule has 96 valence electrons. The lowest BCUT2D eigenvalue weighted by atomic mass is 9.84. The van der Waals surface area contributed by atoms with Crippen molar-refractivity contribution in [1.29, 1.82) is 0 Å². The summed E-state index contributed by atoms with van der Waals surface area (Å²) in [7, 11) is 0. The normalized spacial score (nSPS) is 19.3. The summed E-state index contributed by atoms with van der Waals surface area (Å²) < 4.78 is 0. The standard InChI is InChI=1S/C14H30N2/c1-12(2)9-14(3,4)11-16-10-13-5-7-15-8-6-13/h12-13,15-16H,5-11H2,1-4H3. The number of piperidine rings is 1. The molecule has 1 saturated heterocycles. The van der Waals surface area contributed by atoms with Crippen LogP contribution in [0.4, 0.5) is 0 Å². The van der Waals surface area contributed by atoms with Crippen molar-refractivity contribution in [2.45, 2.75) is 47.0 Å². The van der Waals surface area contributed by atoms with Gasteiger partial charge in [0.25, 0.3) is 0 Å². The first-order valence-corrected chi connectivity index (χ1v) is 6.91. The molecule has 0 atom stereocenters. The van der Waals surface area contributed by atoms with Crippen LogP contribution in [-0.2, 0) is 0 Å². The van der Waals surface area contributed by atoms with Crippen LogP contribution in [0.3, 0.4) is 0 Å². The lowest BCUT2D eigenvalue weighted by Crippen LogP contribution is -2.37. The molecule has 2 N–H and O–H groups in total. The molecule has 0 saturated carbocycles. The Labute approximate surface area is 102 Å². The van der Waals surface area contributed by atoms with Crippen LogP contribution in [0.2, 0.25) is 0 Å². The quantitative estimate of drug-likeness (QED) is 0.727. The highest BCUT2D eigenvalue weighted by molar-refractivity contribution is 4.76. The molecule has 2 heteroatoms. The third-order valence-electron chi connectivity index (χ3n) is 3.46. The van der Waals surface area contributed by atoms with Gasteiger partial charge in [0, 0.05) is 6.54 Å². The molecule has 16 heavy (non-hydrogen) atoms. The SMILES string of the molecule is CC(C)CC(C)(C)CNCC1CCNCC1. The van der Waals surface area contributed by atoms with Crippen molar-refractivity contribution in [3.8, 4) is 0 Å². The van der Waals surface area contributed by atoms with Gasteiger partial charge in [0.2, 0.25) is 0 Å². The Kier molecular flexibility index (Phi) is 5.77. The van der Waals surface area contributed by atoms with Crippen molar-refractivity contribution in [2.75, 3.05) is 26.2 Å². The molecule has 1 fully saturated rings. The molecule has 0 aromatic rings. The van der Waals surface area contributed by atoms with Crippen LogP contribution in [0.1, 0.15) is 47.0 Å². The van der Waals surface area contributed by atoms with Gasteiger partial charge in [-0.3, -0.25) is 0 Å². The lowest BCUT2D eigenvalue weighted by molar-refractivity contribution is 0.258. The summed E-state index contributed by atoms with van der Waals surface area (Å²) in [5.41, 5.74) is 0.446. The van der Waals surface area contributed by atoms with Gasteiger partial charge in [-0.25, -0.2) is 0 Å². The number of nitrogens with one attached hydrogen (secondary N) is 2. The number of hydrogen-bond acceptors (Lipinski definition) is 2. The second kappa shape index (κ2) is 6.61. The van der Waals surface area contributed by atoms with E-state index in [1.165, 1.54) is 38.9 Å². The number of hydrogen-bond donors (Lipinski definition) is 2. The predicted molar refractivity (Wildman–Crippen MR) is 71.7 cm³/mol. The molecule has 0 radical (unpaired) electrons. The first-order chi connectivity index (χ1) is 7.49. The van der Waals surface area contributed by atoms with Gasteiger partial charge in [-0.1, -0.05) is 27.7 Å². The molecule has 0 amide bonds. The molecule has 0 spiro atoms. The van der Waals surface area contributed by atoms with E-state index in [1.807, 2.05) is 0 Å². The van der Waals surface area contributed by atoms with Crippen LogP contribution in [-0.4, -0.2) is 26.2 Å². The second-order valence-electron chi connectivity index (χ2n) is 6.59. The lowest BCUT2D eigenvalue weighted by Gasteiger charge is -2.29. The van der Waals surface area contributed by atoms with Crippen LogP contribution in [0, 0.1) is 17.3 Å². The molecule has 1 aliphatic heterocycles. The maximum Gasteiger partial charge on any atom is 0.000273 e. The van der Waals surface area contributed by atoms with Gasteiger partial charge in [-0.2, -0.15) is 0 Å². The fourth-order valence-electron chi connectivity index (χ4n) is 2.88. The zero-order chi connectivity index (χ0) is 12.0. The molecule has 1 heterocycles. The van der Waals surface area contributed by atoms with Crippen LogP contribution in [0.25, 0.3) is 0 Å². The van der Waals surface area contributed by atoms with Gasteiger partial charge < -0.3 is 10.6 Å². The van der Waals surface area contributed by atoms with Crippen molar-refractivity contribution < 1.29 is 0 Å². The smallest absolute Gasteiger partial charge is 0.000273 e. The maximum atomic E-state index is 3.67. The summed E-state index contributed by atoms with van der Waals surface area (Å²) in [5.74, 6) is 1.70. The molecule has 0 aliphatic carbocycles. The van der Waals surface area contributed by atoms with Crippen molar-refractivity contribution in [2.24, 2.45) is 17.3 Å². The van der Waals surface area contributed by atoms with E-state index in [9.17, 15) is 0 Å². The van der Waals surface area contributed by atoms with E-state index in [4.69, 9.17) is 0 Å². The highest BCUT2D eigenvalue weighted by Crippen LogP contribution is 2.24.